The van der Waals surface area contributed by atoms with Crippen molar-refractivity contribution in [2.75, 3.05) is 6.61 Å². The lowest BCUT2D eigenvalue weighted by Crippen LogP contribution is -2.21. The summed E-state index contributed by atoms with van der Waals surface area (Å²) in [6.45, 7) is 2.99. The van der Waals surface area contributed by atoms with Gasteiger partial charge >= 0.3 is 0 Å². The Balaban J connectivity index is 1.92. The number of rotatable bonds is 3. The third-order valence-electron chi connectivity index (χ3n) is 2.99. The summed E-state index contributed by atoms with van der Waals surface area (Å²) in [6, 6.07) is 1.65. The third-order valence-corrected chi connectivity index (χ3v) is 3.19. The normalized spacial score (nSPS) is 19.1. The smallest absolute Gasteiger partial charge is 0.217 e. The molecule has 0 amide bonds. The fourth-order valence-corrected chi connectivity index (χ4v) is 2.15. The fraction of sp³-hybridized carbons (Fsp3) is 0.636. The molecule has 0 atom stereocenters. The van der Waals surface area contributed by atoms with Crippen molar-refractivity contribution < 1.29 is 4.74 Å². The number of aromatic nitrogens is 2. The van der Waals surface area contributed by atoms with Gasteiger partial charge < -0.3 is 4.74 Å². The molecule has 1 saturated carbocycles. The SMILES string of the molecule is CC1(COc2cc(Cl)ncn2)CCCC1. The van der Waals surface area contributed by atoms with Crippen LogP contribution in [0.4, 0.5) is 0 Å². The second kappa shape index (κ2) is 4.35. The molecule has 15 heavy (non-hydrogen) atoms. The molecular weight excluding hydrogens is 212 g/mol. The van der Waals surface area contributed by atoms with Gasteiger partial charge in [0.2, 0.25) is 5.88 Å². The Morgan fingerprint density at radius 2 is 2.13 bits per heavy atom. The predicted molar refractivity (Wildman–Crippen MR) is 59.1 cm³/mol. The zero-order chi connectivity index (χ0) is 10.7. The van der Waals surface area contributed by atoms with Crippen molar-refractivity contribution >= 4 is 11.6 Å². The van der Waals surface area contributed by atoms with E-state index < -0.39 is 0 Å². The van der Waals surface area contributed by atoms with Gasteiger partial charge in [-0.2, -0.15) is 0 Å². The van der Waals surface area contributed by atoms with Crippen LogP contribution in [0.2, 0.25) is 5.15 Å². The molecule has 0 spiro atoms. The fourth-order valence-electron chi connectivity index (χ4n) is 2.02. The molecule has 0 unspecified atom stereocenters. The van der Waals surface area contributed by atoms with Crippen molar-refractivity contribution in [1.82, 2.24) is 9.97 Å². The molecule has 0 aromatic carbocycles. The molecule has 82 valence electrons. The highest BCUT2D eigenvalue weighted by atomic mass is 35.5. The highest BCUT2D eigenvalue weighted by Crippen LogP contribution is 2.37. The summed E-state index contributed by atoms with van der Waals surface area (Å²) in [5, 5.41) is 0.427. The first-order valence-corrected chi connectivity index (χ1v) is 5.66. The molecule has 0 bridgehead atoms. The maximum atomic E-state index is 5.74. The van der Waals surface area contributed by atoms with E-state index in [-0.39, 0.29) is 0 Å². The zero-order valence-corrected chi connectivity index (χ0v) is 9.63. The zero-order valence-electron chi connectivity index (χ0n) is 8.87. The highest BCUT2D eigenvalue weighted by molar-refractivity contribution is 6.29. The molecule has 1 heterocycles. The van der Waals surface area contributed by atoms with Crippen molar-refractivity contribution in [3.8, 4) is 5.88 Å². The predicted octanol–water partition coefficient (Wildman–Crippen LogP) is 3.09. The first-order chi connectivity index (χ1) is 7.18. The summed E-state index contributed by atoms with van der Waals surface area (Å²) in [7, 11) is 0. The molecule has 0 radical (unpaired) electrons. The van der Waals surface area contributed by atoms with Crippen LogP contribution in [0, 0.1) is 5.41 Å². The molecule has 2 rings (SSSR count). The van der Waals surface area contributed by atoms with Gasteiger partial charge in [0.15, 0.2) is 0 Å². The molecule has 1 aliphatic rings. The van der Waals surface area contributed by atoms with Crippen LogP contribution in [0.5, 0.6) is 5.88 Å². The van der Waals surface area contributed by atoms with Crippen molar-refractivity contribution in [2.24, 2.45) is 5.41 Å². The number of halogens is 1. The standard InChI is InChI=1S/C11H15ClN2O/c1-11(4-2-3-5-11)7-15-10-6-9(12)13-8-14-10/h6,8H,2-5,7H2,1H3. The highest BCUT2D eigenvalue weighted by Gasteiger charge is 2.29. The average Bonchev–Trinajstić information content (AvgIpc) is 2.63. The number of hydrogen-bond donors (Lipinski definition) is 0. The summed E-state index contributed by atoms with van der Waals surface area (Å²) in [5.74, 6) is 0.572. The second-order valence-corrected chi connectivity index (χ2v) is 4.87. The molecule has 4 heteroatoms. The first kappa shape index (κ1) is 10.7. The van der Waals surface area contributed by atoms with Crippen molar-refractivity contribution in [2.45, 2.75) is 32.6 Å². The Morgan fingerprint density at radius 1 is 1.40 bits per heavy atom. The van der Waals surface area contributed by atoms with Crippen LogP contribution in [-0.4, -0.2) is 16.6 Å². The van der Waals surface area contributed by atoms with E-state index in [1.54, 1.807) is 6.07 Å². The van der Waals surface area contributed by atoms with E-state index >= 15 is 0 Å². The lowest BCUT2D eigenvalue weighted by atomic mass is 9.90. The maximum absolute atomic E-state index is 5.74. The summed E-state index contributed by atoms with van der Waals surface area (Å²) in [5.41, 5.74) is 0.317. The van der Waals surface area contributed by atoms with E-state index in [1.165, 1.54) is 32.0 Å². The van der Waals surface area contributed by atoms with Crippen LogP contribution in [0.15, 0.2) is 12.4 Å². The van der Waals surface area contributed by atoms with Crippen LogP contribution in [-0.2, 0) is 0 Å². The topological polar surface area (TPSA) is 35.0 Å². The minimum atomic E-state index is 0.317. The molecule has 1 aliphatic carbocycles. The Morgan fingerprint density at radius 3 is 2.80 bits per heavy atom. The van der Waals surface area contributed by atoms with Crippen LogP contribution in [0.3, 0.4) is 0 Å². The number of hydrogen-bond acceptors (Lipinski definition) is 3. The van der Waals surface area contributed by atoms with E-state index in [2.05, 4.69) is 16.9 Å². The van der Waals surface area contributed by atoms with E-state index in [4.69, 9.17) is 16.3 Å². The maximum Gasteiger partial charge on any atom is 0.217 e. The first-order valence-electron chi connectivity index (χ1n) is 5.28. The van der Waals surface area contributed by atoms with Crippen molar-refractivity contribution in [3.63, 3.8) is 0 Å². The van der Waals surface area contributed by atoms with E-state index in [9.17, 15) is 0 Å². The average molecular weight is 227 g/mol. The molecule has 0 saturated heterocycles. The minimum absolute atomic E-state index is 0.317. The molecule has 0 aliphatic heterocycles. The Labute approximate surface area is 94.8 Å². The largest absolute Gasteiger partial charge is 0.477 e. The Hall–Kier alpha value is -0.830. The number of nitrogens with zero attached hydrogens (tertiary/aromatic N) is 2. The number of ether oxygens (including phenoxy) is 1. The molecule has 1 aromatic rings. The lowest BCUT2D eigenvalue weighted by Gasteiger charge is -2.22. The summed E-state index contributed by atoms with van der Waals surface area (Å²) < 4.78 is 5.64. The van der Waals surface area contributed by atoms with E-state index in [1.807, 2.05) is 0 Å². The molecule has 1 aromatic heterocycles. The second-order valence-electron chi connectivity index (χ2n) is 4.49. The van der Waals surface area contributed by atoms with Gasteiger partial charge in [-0.25, -0.2) is 9.97 Å². The quantitative estimate of drug-likeness (QED) is 0.743. The van der Waals surface area contributed by atoms with Gasteiger partial charge in [-0.05, 0) is 12.8 Å². The summed E-state index contributed by atoms with van der Waals surface area (Å²) >= 11 is 5.74. The van der Waals surface area contributed by atoms with Crippen molar-refractivity contribution in [3.05, 3.63) is 17.5 Å². The third kappa shape index (κ3) is 2.81. The van der Waals surface area contributed by atoms with Crippen LogP contribution >= 0.6 is 11.6 Å². The van der Waals surface area contributed by atoms with Gasteiger partial charge in [-0.15, -0.1) is 0 Å². The van der Waals surface area contributed by atoms with E-state index in [0.717, 1.165) is 6.61 Å². The summed E-state index contributed by atoms with van der Waals surface area (Å²) in [4.78, 5) is 7.83. The van der Waals surface area contributed by atoms with Gasteiger partial charge in [0.25, 0.3) is 0 Å². The van der Waals surface area contributed by atoms with Gasteiger partial charge in [0.1, 0.15) is 11.5 Å². The minimum Gasteiger partial charge on any atom is -0.477 e. The molecular formula is C11H15ClN2O. The molecule has 1 fully saturated rings. The summed E-state index contributed by atoms with van der Waals surface area (Å²) in [6.07, 6.45) is 6.53. The van der Waals surface area contributed by atoms with E-state index in [0.29, 0.717) is 16.4 Å². The van der Waals surface area contributed by atoms with Crippen molar-refractivity contribution in [1.29, 1.82) is 0 Å². The molecule has 3 nitrogen and oxygen atoms in total. The Bertz CT molecular complexity index is 337. The molecule has 0 N–H and O–H groups in total. The van der Waals surface area contributed by atoms with Gasteiger partial charge in [0, 0.05) is 11.5 Å². The lowest BCUT2D eigenvalue weighted by molar-refractivity contribution is 0.163. The van der Waals surface area contributed by atoms with Crippen LogP contribution in [0.25, 0.3) is 0 Å². The Kier molecular flexibility index (Phi) is 3.10. The van der Waals surface area contributed by atoms with Crippen LogP contribution < -0.4 is 4.74 Å². The van der Waals surface area contributed by atoms with Crippen LogP contribution in [0.1, 0.15) is 32.6 Å². The van der Waals surface area contributed by atoms with Gasteiger partial charge in [-0.1, -0.05) is 31.4 Å². The van der Waals surface area contributed by atoms with Gasteiger partial charge in [-0.3, -0.25) is 0 Å². The van der Waals surface area contributed by atoms with Gasteiger partial charge in [0.05, 0.1) is 6.61 Å². The monoisotopic (exact) mass is 226 g/mol.